The highest BCUT2D eigenvalue weighted by Crippen LogP contribution is 2.11. The van der Waals surface area contributed by atoms with Crippen molar-refractivity contribution in [3.05, 3.63) is 60.2 Å². The largest absolute Gasteiger partial charge is 0.332 e. The lowest BCUT2D eigenvalue weighted by molar-refractivity contribution is 0.101. The molecule has 2 N–H and O–H groups in total. The van der Waals surface area contributed by atoms with Crippen LogP contribution in [0.5, 0.6) is 0 Å². The number of hydrogen-bond acceptors (Lipinski definition) is 2. The Labute approximate surface area is 117 Å². The maximum absolute atomic E-state index is 11.2. The summed E-state index contributed by atoms with van der Waals surface area (Å²) < 4.78 is 0. The van der Waals surface area contributed by atoms with Gasteiger partial charge in [0.05, 0.1) is 0 Å². The van der Waals surface area contributed by atoms with Crippen molar-refractivity contribution in [3.63, 3.8) is 0 Å². The van der Waals surface area contributed by atoms with Gasteiger partial charge in [-0.2, -0.15) is 0 Å². The number of para-hydroxylation sites is 1. The van der Waals surface area contributed by atoms with Crippen LogP contribution in [0, 0.1) is 0 Å². The summed E-state index contributed by atoms with van der Waals surface area (Å²) in [6.07, 6.45) is 0. The molecular formula is C15H14N2OS. The molecular weight excluding hydrogens is 256 g/mol. The van der Waals surface area contributed by atoms with Gasteiger partial charge in [-0.1, -0.05) is 18.2 Å². The number of rotatable bonds is 3. The van der Waals surface area contributed by atoms with Gasteiger partial charge in [0.1, 0.15) is 0 Å². The van der Waals surface area contributed by atoms with Crippen LogP contribution in [-0.4, -0.2) is 10.9 Å². The van der Waals surface area contributed by atoms with Crippen LogP contribution in [0.3, 0.4) is 0 Å². The molecule has 0 fully saturated rings. The summed E-state index contributed by atoms with van der Waals surface area (Å²) in [5, 5.41) is 6.66. The van der Waals surface area contributed by atoms with Crippen LogP contribution in [0.2, 0.25) is 0 Å². The van der Waals surface area contributed by atoms with Gasteiger partial charge in [-0.05, 0) is 55.5 Å². The summed E-state index contributed by atoms with van der Waals surface area (Å²) in [6, 6.07) is 16.9. The smallest absolute Gasteiger partial charge is 0.175 e. The van der Waals surface area contributed by atoms with E-state index < -0.39 is 0 Å². The Morgan fingerprint density at radius 1 is 0.895 bits per heavy atom. The molecule has 0 atom stereocenters. The number of carbonyl (C=O) groups is 1. The van der Waals surface area contributed by atoms with E-state index in [4.69, 9.17) is 12.2 Å². The van der Waals surface area contributed by atoms with Gasteiger partial charge < -0.3 is 10.6 Å². The summed E-state index contributed by atoms with van der Waals surface area (Å²) in [6.45, 7) is 1.55. The van der Waals surface area contributed by atoms with Crippen LogP contribution >= 0.6 is 12.2 Å². The first-order valence-electron chi connectivity index (χ1n) is 5.89. The molecule has 4 heteroatoms. The topological polar surface area (TPSA) is 41.1 Å². The molecule has 0 saturated heterocycles. The summed E-state index contributed by atoms with van der Waals surface area (Å²) in [5.74, 6) is 0.0523. The minimum absolute atomic E-state index is 0.0523. The predicted molar refractivity (Wildman–Crippen MR) is 82.7 cm³/mol. The number of anilines is 2. The van der Waals surface area contributed by atoms with Crippen molar-refractivity contribution in [2.75, 3.05) is 10.6 Å². The first kappa shape index (κ1) is 13.2. The average molecular weight is 270 g/mol. The molecule has 2 aromatic rings. The van der Waals surface area contributed by atoms with Crippen molar-refractivity contribution < 1.29 is 4.79 Å². The molecule has 2 rings (SSSR count). The molecule has 0 aromatic heterocycles. The fourth-order valence-electron chi connectivity index (χ4n) is 1.60. The Kier molecular flexibility index (Phi) is 4.26. The molecule has 0 aliphatic carbocycles. The van der Waals surface area contributed by atoms with Crippen molar-refractivity contribution in [1.29, 1.82) is 0 Å². The number of hydrogen-bond donors (Lipinski definition) is 2. The Morgan fingerprint density at radius 2 is 1.42 bits per heavy atom. The number of thiocarbonyl (C=S) groups is 1. The van der Waals surface area contributed by atoms with Gasteiger partial charge in [0.2, 0.25) is 0 Å². The molecule has 0 bridgehead atoms. The van der Waals surface area contributed by atoms with Gasteiger partial charge in [-0.25, -0.2) is 0 Å². The Hall–Kier alpha value is -2.20. The lowest BCUT2D eigenvalue weighted by Gasteiger charge is -2.10. The zero-order chi connectivity index (χ0) is 13.7. The maximum atomic E-state index is 11.2. The van der Waals surface area contributed by atoms with Gasteiger partial charge in [0.15, 0.2) is 10.9 Å². The van der Waals surface area contributed by atoms with Crippen LogP contribution in [0.15, 0.2) is 54.6 Å². The van der Waals surface area contributed by atoms with E-state index in [0.717, 1.165) is 11.4 Å². The van der Waals surface area contributed by atoms with Crippen molar-refractivity contribution in [2.24, 2.45) is 0 Å². The Balaban J connectivity index is 1.97. The highest BCUT2D eigenvalue weighted by Gasteiger charge is 2.01. The number of carbonyl (C=O) groups excluding carboxylic acids is 1. The molecule has 0 heterocycles. The minimum atomic E-state index is 0.0523. The SMILES string of the molecule is CC(=O)c1ccc(NC(=S)Nc2ccccc2)cc1. The minimum Gasteiger partial charge on any atom is -0.332 e. The van der Waals surface area contributed by atoms with Crippen molar-refractivity contribution in [2.45, 2.75) is 6.92 Å². The van der Waals surface area contributed by atoms with Crippen LogP contribution in [0.1, 0.15) is 17.3 Å². The summed E-state index contributed by atoms with van der Waals surface area (Å²) in [5.41, 5.74) is 2.46. The van der Waals surface area contributed by atoms with E-state index in [9.17, 15) is 4.79 Å². The fraction of sp³-hybridized carbons (Fsp3) is 0.0667. The maximum Gasteiger partial charge on any atom is 0.175 e. The molecule has 0 saturated carbocycles. The first-order chi connectivity index (χ1) is 9.15. The molecule has 3 nitrogen and oxygen atoms in total. The van der Waals surface area contributed by atoms with E-state index in [0.29, 0.717) is 10.7 Å². The van der Waals surface area contributed by atoms with Gasteiger partial charge in [-0.15, -0.1) is 0 Å². The lowest BCUT2D eigenvalue weighted by Crippen LogP contribution is -2.18. The van der Waals surface area contributed by atoms with Gasteiger partial charge in [0, 0.05) is 16.9 Å². The number of benzene rings is 2. The van der Waals surface area contributed by atoms with Crippen molar-refractivity contribution >= 4 is 34.5 Å². The van der Waals surface area contributed by atoms with E-state index in [-0.39, 0.29) is 5.78 Å². The van der Waals surface area contributed by atoms with Crippen molar-refractivity contribution in [3.8, 4) is 0 Å². The van der Waals surface area contributed by atoms with Crippen molar-refractivity contribution in [1.82, 2.24) is 0 Å². The first-order valence-corrected chi connectivity index (χ1v) is 6.30. The van der Waals surface area contributed by atoms with Crippen LogP contribution in [0.4, 0.5) is 11.4 Å². The van der Waals surface area contributed by atoms with Gasteiger partial charge in [0.25, 0.3) is 0 Å². The van der Waals surface area contributed by atoms with Gasteiger partial charge in [-0.3, -0.25) is 4.79 Å². The third kappa shape index (κ3) is 3.89. The summed E-state index contributed by atoms with van der Waals surface area (Å²) in [4.78, 5) is 11.2. The Morgan fingerprint density at radius 3 is 1.95 bits per heavy atom. The summed E-state index contributed by atoms with van der Waals surface area (Å²) >= 11 is 5.21. The molecule has 0 amide bonds. The molecule has 0 aliphatic rings. The van der Waals surface area contributed by atoms with Crippen LogP contribution < -0.4 is 10.6 Å². The normalized spacial score (nSPS) is 9.74. The standard InChI is InChI=1S/C15H14N2OS/c1-11(18)12-7-9-14(10-8-12)17-15(19)16-13-5-3-2-4-6-13/h2-10H,1H3,(H2,16,17,19). The number of Topliss-reactive ketones (excluding diaryl/α,β-unsaturated/α-hetero) is 1. The molecule has 0 unspecified atom stereocenters. The zero-order valence-electron chi connectivity index (χ0n) is 10.5. The van der Waals surface area contributed by atoms with E-state index in [1.165, 1.54) is 0 Å². The molecule has 0 radical (unpaired) electrons. The predicted octanol–water partition coefficient (Wildman–Crippen LogP) is 3.70. The third-order valence-electron chi connectivity index (χ3n) is 2.58. The van der Waals surface area contributed by atoms with E-state index in [1.54, 1.807) is 19.1 Å². The molecule has 19 heavy (non-hydrogen) atoms. The quantitative estimate of drug-likeness (QED) is 0.659. The second-order valence-electron chi connectivity index (χ2n) is 4.08. The van der Waals surface area contributed by atoms with E-state index in [2.05, 4.69) is 10.6 Å². The third-order valence-corrected chi connectivity index (χ3v) is 2.79. The summed E-state index contributed by atoms with van der Waals surface area (Å²) in [7, 11) is 0. The second-order valence-corrected chi connectivity index (χ2v) is 4.49. The number of nitrogens with one attached hydrogen (secondary N) is 2. The highest BCUT2D eigenvalue weighted by atomic mass is 32.1. The molecule has 0 spiro atoms. The molecule has 96 valence electrons. The van der Waals surface area contributed by atoms with E-state index >= 15 is 0 Å². The zero-order valence-corrected chi connectivity index (χ0v) is 11.3. The second kappa shape index (κ2) is 6.11. The van der Waals surface area contributed by atoms with Gasteiger partial charge >= 0.3 is 0 Å². The van der Waals surface area contributed by atoms with Crippen LogP contribution in [0.25, 0.3) is 0 Å². The number of ketones is 1. The van der Waals surface area contributed by atoms with Crippen LogP contribution in [-0.2, 0) is 0 Å². The lowest BCUT2D eigenvalue weighted by atomic mass is 10.1. The highest BCUT2D eigenvalue weighted by molar-refractivity contribution is 7.80. The fourth-order valence-corrected chi connectivity index (χ4v) is 1.84. The Bertz CT molecular complexity index is 579. The monoisotopic (exact) mass is 270 g/mol. The average Bonchev–Trinajstić information content (AvgIpc) is 2.40. The molecule has 0 aliphatic heterocycles. The van der Waals surface area contributed by atoms with E-state index in [1.807, 2.05) is 42.5 Å². The molecule has 2 aromatic carbocycles.